The number of phenolic OH excluding ortho intramolecular Hbond substituents is 1. The number of benzene rings is 1. The molecule has 22 heavy (non-hydrogen) atoms. The summed E-state index contributed by atoms with van der Waals surface area (Å²) in [4.78, 5) is 12.7. The SMILES string of the molecule is COc1cc(C2NN=C3CCN(C)CC32)cc([N+](=O)[O-])c1O. The van der Waals surface area contributed by atoms with Gasteiger partial charge in [-0.25, -0.2) is 0 Å². The Balaban J connectivity index is 1.98. The first kappa shape index (κ1) is 14.6. The fourth-order valence-corrected chi connectivity index (χ4v) is 3.10. The Bertz CT molecular complexity index is 646. The van der Waals surface area contributed by atoms with Crippen molar-refractivity contribution in [3.63, 3.8) is 0 Å². The summed E-state index contributed by atoms with van der Waals surface area (Å²) in [7, 11) is 3.42. The van der Waals surface area contributed by atoms with Crippen molar-refractivity contribution in [2.45, 2.75) is 12.5 Å². The molecule has 0 spiro atoms. The van der Waals surface area contributed by atoms with Gasteiger partial charge in [0.15, 0.2) is 5.75 Å². The maximum Gasteiger partial charge on any atom is 0.315 e. The number of hydrazone groups is 1. The van der Waals surface area contributed by atoms with Gasteiger partial charge in [0.1, 0.15) is 0 Å². The second-order valence-electron chi connectivity index (χ2n) is 5.68. The second-order valence-corrected chi connectivity index (χ2v) is 5.68. The summed E-state index contributed by atoms with van der Waals surface area (Å²) < 4.78 is 5.06. The lowest BCUT2D eigenvalue weighted by molar-refractivity contribution is -0.386. The predicted octanol–water partition coefficient (Wildman–Crippen LogP) is 1.26. The molecule has 1 aromatic rings. The highest BCUT2D eigenvalue weighted by Gasteiger charge is 2.37. The number of nitrogens with one attached hydrogen (secondary N) is 1. The molecular weight excluding hydrogens is 288 g/mol. The van der Waals surface area contributed by atoms with E-state index in [0.29, 0.717) is 5.56 Å². The van der Waals surface area contributed by atoms with Crippen LogP contribution in [0.1, 0.15) is 18.0 Å². The van der Waals surface area contributed by atoms with Crippen LogP contribution in [0.4, 0.5) is 5.69 Å². The second kappa shape index (κ2) is 5.45. The van der Waals surface area contributed by atoms with Crippen molar-refractivity contribution >= 4 is 11.4 Å². The molecule has 1 saturated heterocycles. The summed E-state index contributed by atoms with van der Waals surface area (Å²) >= 11 is 0. The zero-order valence-corrected chi connectivity index (χ0v) is 12.4. The first-order valence-electron chi connectivity index (χ1n) is 7.07. The molecule has 2 aliphatic heterocycles. The number of ether oxygens (including phenoxy) is 1. The number of aromatic hydroxyl groups is 1. The summed E-state index contributed by atoms with van der Waals surface area (Å²) in [6.07, 6.45) is 0.891. The van der Waals surface area contributed by atoms with Crippen molar-refractivity contribution in [2.75, 3.05) is 27.2 Å². The summed E-state index contributed by atoms with van der Waals surface area (Å²) in [5, 5.41) is 25.4. The van der Waals surface area contributed by atoms with E-state index in [-0.39, 0.29) is 23.4 Å². The number of hydrogen-bond acceptors (Lipinski definition) is 7. The smallest absolute Gasteiger partial charge is 0.315 e. The van der Waals surface area contributed by atoms with Crippen LogP contribution in [0.2, 0.25) is 0 Å². The minimum Gasteiger partial charge on any atom is -0.500 e. The number of phenols is 1. The molecule has 8 heteroatoms. The standard InChI is InChI=1S/C14H18N4O4/c1-17-4-3-10-9(7-17)13(16-15-10)8-5-11(18(20)21)14(19)12(6-8)22-2/h5-6,9,13,16,19H,3-4,7H2,1-2H3. The lowest BCUT2D eigenvalue weighted by atomic mass is 9.86. The van der Waals surface area contributed by atoms with Gasteiger partial charge in [0.05, 0.1) is 18.1 Å². The van der Waals surface area contributed by atoms with E-state index in [2.05, 4.69) is 15.4 Å². The van der Waals surface area contributed by atoms with Crippen LogP contribution in [0, 0.1) is 16.0 Å². The molecule has 0 radical (unpaired) electrons. The number of rotatable bonds is 3. The molecular formula is C14H18N4O4. The molecule has 2 unspecified atom stereocenters. The van der Waals surface area contributed by atoms with E-state index in [9.17, 15) is 15.2 Å². The van der Waals surface area contributed by atoms with Gasteiger partial charge in [-0.15, -0.1) is 0 Å². The number of methoxy groups -OCH3 is 1. The number of nitrogens with zero attached hydrogens (tertiary/aromatic N) is 3. The molecule has 118 valence electrons. The Morgan fingerprint density at radius 3 is 3.00 bits per heavy atom. The van der Waals surface area contributed by atoms with Crippen molar-refractivity contribution in [3.8, 4) is 11.5 Å². The van der Waals surface area contributed by atoms with Gasteiger partial charge in [0.2, 0.25) is 5.75 Å². The van der Waals surface area contributed by atoms with Gasteiger partial charge >= 0.3 is 5.69 Å². The maximum absolute atomic E-state index is 11.1. The Hall–Kier alpha value is -2.35. The number of piperidine rings is 1. The molecule has 0 amide bonds. The molecule has 3 rings (SSSR count). The molecule has 0 aromatic heterocycles. The third-order valence-corrected chi connectivity index (χ3v) is 4.29. The van der Waals surface area contributed by atoms with Gasteiger partial charge in [-0.05, 0) is 18.7 Å². The van der Waals surface area contributed by atoms with E-state index < -0.39 is 10.7 Å². The quantitative estimate of drug-likeness (QED) is 0.644. The van der Waals surface area contributed by atoms with E-state index >= 15 is 0 Å². The summed E-state index contributed by atoms with van der Waals surface area (Å²) in [6, 6.07) is 2.88. The normalized spacial score (nSPS) is 24.4. The highest BCUT2D eigenvalue weighted by atomic mass is 16.6. The van der Waals surface area contributed by atoms with Crippen LogP contribution < -0.4 is 10.2 Å². The van der Waals surface area contributed by atoms with Crippen LogP contribution in [0.5, 0.6) is 11.5 Å². The monoisotopic (exact) mass is 306 g/mol. The largest absolute Gasteiger partial charge is 0.500 e. The highest BCUT2D eigenvalue weighted by Crippen LogP contribution is 2.41. The number of fused-ring (bicyclic) bond motifs is 1. The molecule has 8 nitrogen and oxygen atoms in total. The summed E-state index contributed by atoms with van der Waals surface area (Å²) in [5.74, 6) is -0.174. The van der Waals surface area contributed by atoms with Gasteiger partial charge in [-0.3, -0.25) is 10.1 Å². The molecule has 0 bridgehead atoms. The zero-order valence-electron chi connectivity index (χ0n) is 12.4. The van der Waals surface area contributed by atoms with E-state index in [1.165, 1.54) is 13.2 Å². The number of hydrogen-bond donors (Lipinski definition) is 2. The lowest BCUT2D eigenvalue weighted by Crippen LogP contribution is -2.39. The Morgan fingerprint density at radius 1 is 1.55 bits per heavy atom. The first-order valence-corrected chi connectivity index (χ1v) is 7.07. The van der Waals surface area contributed by atoms with Gasteiger partial charge in [-0.2, -0.15) is 5.10 Å². The van der Waals surface area contributed by atoms with Crippen LogP contribution in [0.3, 0.4) is 0 Å². The van der Waals surface area contributed by atoms with Gasteiger partial charge < -0.3 is 20.2 Å². The molecule has 1 aromatic carbocycles. The van der Waals surface area contributed by atoms with E-state index in [1.807, 2.05) is 7.05 Å². The van der Waals surface area contributed by atoms with Crippen molar-refractivity contribution in [1.82, 2.24) is 10.3 Å². The number of nitro groups is 1. The van der Waals surface area contributed by atoms with Crippen LogP contribution in [0.15, 0.2) is 17.2 Å². The molecule has 1 fully saturated rings. The molecule has 2 aliphatic rings. The van der Waals surface area contributed by atoms with E-state index in [0.717, 1.165) is 25.2 Å². The summed E-state index contributed by atoms with van der Waals surface area (Å²) in [6.45, 7) is 1.80. The Kier molecular flexibility index (Phi) is 3.61. The van der Waals surface area contributed by atoms with Crippen LogP contribution in [-0.2, 0) is 0 Å². The zero-order chi connectivity index (χ0) is 15.9. The lowest BCUT2D eigenvalue weighted by Gasteiger charge is -2.31. The van der Waals surface area contributed by atoms with Crippen molar-refractivity contribution in [2.24, 2.45) is 11.0 Å². The van der Waals surface area contributed by atoms with Crippen LogP contribution in [0.25, 0.3) is 0 Å². The van der Waals surface area contributed by atoms with E-state index in [4.69, 9.17) is 4.74 Å². The third-order valence-electron chi connectivity index (χ3n) is 4.29. The molecule has 2 N–H and O–H groups in total. The van der Waals surface area contributed by atoms with Crippen molar-refractivity contribution in [1.29, 1.82) is 0 Å². The third kappa shape index (κ3) is 2.35. The summed E-state index contributed by atoms with van der Waals surface area (Å²) in [5.41, 5.74) is 4.51. The first-order chi connectivity index (χ1) is 10.5. The molecule has 0 saturated carbocycles. The topological polar surface area (TPSA) is 100 Å². The Morgan fingerprint density at radius 2 is 2.32 bits per heavy atom. The van der Waals surface area contributed by atoms with Gasteiger partial charge in [-0.1, -0.05) is 0 Å². The predicted molar refractivity (Wildman–Crippen MR) is 80.2 cm³/mol. The molecule has 2 heterocycles. The van der Waals surface area contributed by atoms with E-state index in [1.54, 1.807) is 6.07 Å². The van der Waals surface area contributed by atoms with Gasteiger partial charge in [0.25, 0.3) is 0 Å². The van der Waals surface area contributed by atoms with Gasteiger partial charge in [0, 0.05) is 37.2 Å². The van der Waals surface area contributed by atoms with Crippen molar-refractivity contribution in [3.05, 3.63) is 27.8 Å². The van der Waals surface area contributed by atoms with Crippen LogP contribution >= 0.6 is 0 Å². The minimum atomic E-state index is -0.606. The Labute approximate surface area is 127 Å². The van der Waals surface area contributed by atoms with Crippen molar-refractivity contribution < 1.29 is 14.8 Å². The minimum absolute atomic E-state index is 0.101. The molecule has 0 aliphatic carbocycles. The maximum atomic E-state index is 11.1. The average Bonchev–Trinajstić information content (AvgIpc) is 2.90. The van der Waals surface area contributed by atoms with Crippen LogP contribution in [-0.4, -0.2) is 47.9 Å². The fourth-order valence-electron chi connectivity index (χ4n) is 3.10. The fraction of sp³-hybridized carbons (Fsp3) is 0.500. The number of likely N-dealkylation sites (tertiary alicyclic amines) is 1. The highest BCUT2D eigenvalue weighted by molar-refractivity contribution is 5.90. The molecule has 2 atom stereocenters. The number of nitro benzene ring substituents is 1. The average molecular weight is 306 g/mol.